The third kappa shape index (κ3) is 19.1. The molecule has 0 bridgehead atoms. The molecule has 0 fully saturated rings. The van der Waals surface area contributed by atoms with Gasteiger partial charge in [0.1, 0.15) is 0 Å². The predicted octanol–water partition coefficient (Wildman–Crippen LogP) is -0.712. The minimum atomic E-state index is -1.26. The van der Waals surface area contributed by atoms with Crippen molar-refractivity contribution < 1.29 is 39.6 Å². The third-order valence-corrected chi connectivity index (χ3v) is 1.32. The molecule has 8 nitrogen and oxygen atoms in total. The fraction of sp³-hybridized carbons (Fsp3) is 0.200. The van der Waals surface area contributed by atoms with E-state index in [1.165, 1.54) is 0 Å². The van der Waals surface area contributed by atoms with Gasteiger partial charge in [0.2, 0.25) is 0 Å². The number of rotatable bonds is 5. The van der Waals surface area contributed by atoms with Crippen LogP contribution in [0.3, 0.4) is 0 Å². The molecule has 0 aliphatic rings. The average molecular weight is 302 g/mol. The van der Waals surface area contributed by atoms with Gasteiger partial charge in [-0.2, -0.15) is 0 Å². The van der Waals surface area contributed by atoms with Crippen LogP contribution < -0.4 is 0 Å². The van der Waals surface area contributed by atoms with E-state index in [1.807, 2.05) is 0 Å². The summed E-state index contributed by atoms with van der Waals surface area (Å²) in [4.78, 5) is 39.2. The van der Waals surface area contributed by atoms with Crippen LogP contribution in [0.1, 0.15) is 13.3 Å². The number of carboxylic acid groups (broad SMARTS) is 4. The standard InChI is InChI=1S/C6H8O4.C4H4O4.Ca.2H/c1-2-4(6(9)10)3-5(7)8;5-3(6)1-2-4(7)8;;;/h3H,2H2,1H3,(H,7,8)(H,9,10);1-2H,(H,5,6)(H,7,8);;;/b4-3-;2-1-;;;. The SMILES string of the molecule is CC/C(=C/C(=O)O)C(=O)O.O=C(O)/C=C\C(=O)O.[CaH2]. The molecule has 0 aromatic rings. The first-order valence-electron chi connectivity index (χ1n) is 4.51. The first-order valence-corrected chi connectivity index (χ1v) is 4.51. The van der Waals surface area contributed by atoms with Crippen molar-refractivity contribution in [2.75, 3.05) is 0 Å². The summed E-state index contributed by atoms with van der Waals surface area (Å²) in [5, 5.41) is 32.0. The summed E-state index contributed by atoms with van der Waals surface area (Å²) in [5.74, 6) is -4.91. The van der Waals surface area contributed by atoms with Crippen molar-refractivity contribution in [1.82, 2.24) is 0 Å². The van der Waals surface area contributed by atoms with Crippen LogP contribution in [0.2, 0.25) is 0 Å². The van der Waals surface area contributed by atoms with Gasteiger partial charge >= 0.3 is 61.6 Å². The summed E-state index contributed by atoms with van der Waals surface area (Å²) in [5.41, 5.74) is -0.0903. The summed E-state index contributed by atoms with van der Waals surface area (Å²) >= 11 is 0. The number of hydrogen-bond acceptors (Lipinski definition) is 4. The van der Waals surface area contributed by atoms with Crippen LogP contribution >= 0.6 is 0 Å². The monoisotopic (exact) mass is 302 g/mol. The van der Waals surface area contributed by atoms with E-state index in [0.717, 1.165) is 0 Å². The molecular weight excluding hydrogens is 288 g/mol. The molecule has 0 aromatic carbocycles. The third-order valence-electron chi connectivity index (χ3n) is 1.32. The van der Waals surface area contributed by atoms with E-state index >= 15 is 0 Å². The molecular formula is C10H14CaO8. The molecule has 104 valence electrons. The Balaban J connectivity index is -0.000000262. The van der Waals surface area contributed by atoms with E-state index in [2.05, 4.69) is 0 Å². The van der Waals surface area contributed by atoms with Crippen LogP contribution in [0.25, 0.3) is 0 Å². The summed E-state index contributed by atoms with van der Waals surface area (Å²) in [7, 11) is 0. The fourth-order valence-electron chi connectivity index (χ4n) is 0.607. The van der Waals surface area contributed by atoms with Gasteiger partial charge in [-0.25, -0.2) is 19.2 Å². The molecule has 0 radical (unpaired) electrons. The zero-order valence-corrected chi connectivity index (χ0v) is 9.36. The van der Waals surface area contributed by atoms with E-state index in [0.29, 0.717) is 18.2 Å². The second-order valence-corrected chi connectivity index (χ2v) is 2.68. The van der Waals surface area contributed by atoms with Gasteiger partial charge in [-0.3, -0.25) is 0 Å². The number of carbonyl (C=O) groups is 4. The zero-order chi connectivity index (χ0) is 14.7. The van der Waals surface area contributed by atoms with Crippen LogP contribution in [0.5, 0.6) is 0 Å². The van der Waals surface area contributed by atoms with Crippen molar-refractivity contribution >= 4 is 61.6 Å². The maximum atomic E-state index is 10.1. The van der Waals surface area contributed by atoms with Crippen LogP contribution in [0.15, 0.2) is 23.8 Å². The summed E-state index contributed by atoms with van der Waals surface area (Å²) < 4.78 is 0. The van der Waals surface area contributed by atoms with Crippen molar-refractivity contribution in [3.8, 4) is 0 Å². The molecule has 0 aliphatic heterocycles. The Morgan fingerprint density at radius 3 is 1.32 bits per heavy atom. The van der Waals surface area contributed by atoms with Crippen molar-refractivity contribution in [1.29, 1.82) is 0 Å². The maximum absolute atomic E-state index is 10.1. The molecule has 0 heterocycles. The molecule has 19 heavy (non-hydrogen) atoms. The number of carboxylic acids is 4. The van der Waals surface area contributed by atoms with E-state index in [4.69, 9.17) is 20.4 Å². The molecule has 0 saturated carbocycles. The molecule has 0 amide bonds. The molecule has 9 heteroatoms. The van der Waals surface area contributed by atoms with Gasteiger partial charge < -0.3 is 20.4 Å². The van der Waals surface area contributed by atoms with Gasteiger partial charge in [-0.1, -0.05) is 6.92 Å². The fourth-order valence-corrected chi connectivity index (χ4v) is 0.607. The van der Waals surface area contributed by atoms with Gasteiger partial charge in [-0.05, 0) is 6.42 Å². The van der Waals surface area contributed by atoms with E-state index in [9.17, 15) is 19.2 Å². The Morgan fingerprint density at radius 1 is 0.842 bits per heavy atom. The second kappa shape index (κ2) is 13.1. The Kier molecular flexibility index (Phi) is 15.7. The molecule has 0 saturated heterocycles. The van der Waals surface area contributed by atoms with Crippen molar-refractivity contribution in [3.63, 3.8) is 0 Å². The topological polar surface area (TPSA) is 149 Å². The van der Waals surface area contributed by atoms with Crippen molar-refractivity contribution in [2.45, 2.75) is 13.3 Å². The van der Waals surface area contributed by atoms with Crippen molar-refractivity contribution in [2.24, 2.45) is 0 Å². The first-order chi connectivity index (χ1) is 8.20. The van der Waals surface area contributed by atoms with Gasteiger partial charge in [0.25, 0.3) is 0 Å². The van der Waals surface area contributed by atoms with Gasteiger partial charge in [-0.15, -0.1) is 0 Å². The number of hydrogen-bond donors (Lipinski definition) is 4. The predicted molar refractivity (Wildman–Crippen MR) is 66.6 cm³/mol. The van der Waals surface area contributed by atoms with E-state index in [1.54, 1.807) is 6.92 Å². The van der Waals surface area contributed by atoms with Crippen LogP contribution in [-0.4, -0.2) is 82.0 Å². The Hall–Kier alpha value is -1.38. The minimum absolute atomic E-state index is 0. The van der Waals surface area contributed by atoms with Gasteiger partial charge in [0.05, 0.1) is 0 Å². The first kappa shape index (κ1) is 22.8. The number of aliphatic carboxylic acids is 4. The normalized spacial score (nSPS) is 9.84. The molecule has 0 aliphatic carbocycles. The molecule has 4 N–H and O–H groups in total. The summed E-state index contributed by atoms with van der Waals surface area (Å²) in [6.45, 7) is 1.59. The van der Waals surface area contributed by atoms with Gasteiger partial charge in [0, 0.05) is 23.8 Å². The van der Waals surface area contributed by atoms with Crippen LogP contribution in [0.4, 0.5) is 0 Å². The quantitative estimate of drug-likeness (QED) is 0.384. The molecule has 0 spiro atoms. The van der Waals surface area contributed by atoms with E-state index < -0.39 is 23.9 Å². The van der Waals surface area contributed by atoms with E-state index in [-0.39, 0.29) is 49.7 Å². The zero-order valence-electron chi connectivity index (χ0n) is 9.36. The average Bonchev–Trinajstić information content (AvgIpc) is 2.23. The summed E-state index contributed by atoms with van der Waals surface area (Å²) in [6, 6.07) is 0. The Labute approximate surface area is 138 Å². The van der Waals surface area contributed by atoms with Gasteiger partial charge in [0.15, 0.2) is 0 Å². The van der Waals surface area contributed by atoms with Crippen LogP contribution in [0, 0.1) is 0 Å². The Morgan fingerprint density at radius 2 is 1.21 bits per heavy atom. The molecule has 0 atom stereocenters. The van der Waals surface area contributed by atoms with Crippen molar-refractivity contribution in [3.05, 3.63) is 23.8 Å². The Bertz CT molecular complexity index is 380. The second-order valence-electron chi connectivity index (χ2n) is 2.68. The molecule has 0 unspecified atom stereocenters. The van der Waals surface area contributed by atoms with Crippen LogP contribution in [-0.2, 0) is 19.2 Å². The molecule has 0 aromatic heterocycles. The molecule has 0 rings (SSSR count). The summed E-state index contributed by atoms with van der Waals surface area (Å²) in [6.07, 6.45) is 2.04.